The third-order valence-electron chi connectivity index (χ3n) is 2.80. The molecule has 0 saturated carbocycles. The van der Waals surface area contributed by atoms with Gasteiger partial charge in [0.25, 0.3) is 10.0 Å². The molecule has 8 heteroatoms. The average Bonchev–Trinajstić information content (AvgIpc) is 2.79. The molecule has 0 fully saturated rings. The van der Waals surface area contributed by atoms with Crippen molar-refractivity contribution < 1.29 is 12.8 Å². The molecule has 2 N–H and O–H groups in total. The quantitative estimate of drug-likeness (QED) is 0.776. The molecule has 0 atom stereocenters. The molecule has 2 aromatic carbocycles. The fraction of sp³-hybridized carbons (Fsp3) is 0. The summed E-state index contributed by atoms with van der Waals surface area (Å²) in [4.78, 5) is 6.39. The molecular formula is C13H9ClFN3O2S. The highest BCUT2D eigenvalue weighted by Crippen LogP contribution is 2.22. The van der Waals surface area contributed by atoms with E-state index in [4.69, 9.17) is 11.6 Å². The minimum Gasteiger partial charge on any atom is -0.323 e. The Kier molecular flexibility index (Phi) is 3.30. The van der Waals surface area contributed by atoms with Gasteiger partial charge in [-0.15, -0.1) is 0 Å². The highest BCUT2D eigenvalue weighted by Gasteiger charge is 2.20. The highest BCUT2D eigenvalue weighted by atomic mass is 35.5. The Morgan fingerprint density at radius 2 is 1.95 bits per heavy atom. The van der Waals surface area contributed by atoms with Crippen LogP contribution in [0.1, 0.15) is 0 Å². The summed E-state index contributed by atoms with van der Waals surface area (Å²) in [5.41, 5.74) is 1.28. The molecule has 3 aromatic rings. The zero-order valence-corrected chi connectivity index (χ0v) is 12.0. The summed E-state index contributed by atoms with van der Waals surface area (Å²) in [5, 5.41) is 0.121. The third-order valence-corrected chi connectivity index (χ3v) is 4.41. The number of hydrogen-bond donors (Lipinski definition) is 2. The molecule has 1 heterocycles. The number of rotatable bonds is 3. The molecule has 0 unspecified atom stereocenters. The van der Waals surface area contributed by atoms with Crippen LogP contribution in [0, 0.1) is 5.82 Å². The summed E-state index contributed by atoms with van der Waals surface area (Å²) in [6.07, 6.45) is 0. The van der Waals surface area contributed by atoms with Gasteiger partial charge in [-0.3, -0.25) is 0 Å². The van der Waals surface area contributed by atoms with Gasteiger partial charge in [-0.05, 0) is 30.3 Å². The number of nitrogens with zero attached hydrogens (tertiary/aromatic N) is 1. The monoisotopic (exact) mass is 325 g/mol. The van der Waals surface area contributed by atoms with Crippen LogP contribution in [0.2, 0.25) is 5.02 Å². The maximum absolute atomic E-state index is 13.7. The topological polar surface area (TPSA) is 74.8 Å². The normalized spacial score (nSPS) is 11.7. The van der Waals surface area contributed by atoms with Crippen LogP contribution in [-0.4, -0.2) is 18.4 Å². The molecule has 0 aliphatic heterocycles. The van der Waals surface area contributed by atoms with Gasteiger partial charge in [-0.25, -0.2) is 22.5 Å². The van der Waals surface area contributed by atoms with Gasteiger partial charge in [0, 0.05) is 5.02 Å². The lowest BCUT2D eigenvalue weighted by molar-refractivity contribution is 0.570. The van der Waals surface area contributed by atoms with E-state index < -0.39 is 20.7 Å². The first-order valence-corrected chi connectivity index (χ1v) is 7.74. The standard InChI is InChI=1S/C13H9ClFN3O2S/c14-8-5-6-12(9(15)7-8)21(19,20)18-13-16-10-3-1-2-4-11(10)17-13/h1-7H,(H2,16,17,18). The number of benzene rings is 2. The van der Waals surface area contributed by atoms with E-state index in [9.17, 15) is 12.8 Å². The Bertz CT molecular complexity index is 891. The number of sulfonamides is 1. The summed E-state index contributed by atoms with van der Waals surface area (Å²) >= 11 is 5.61. The molecule has 1 aromatic heterocycles. The van der Waals surface area contributed by atoms with Crippen molar-refractivity contribution in [1.29, 1.82) is 0 Å². The van der Waals surface area contributed by atoms with Gasteiger partial charge in [0.2, 0.25) is 5.95 Å². The van der Waals surface area contributed by atoms with Gasteiger partial charge in [0.1, 0.15) is 10.7 Å². The van der Waals surface area contributed by atoms with Crippen molar-refractivity contribution in [3.63, 3.8) is 0 Å². The van der Waals surface area contributed by atoms with Crippen LogP contribution in [0.5, 0.6) is 0 Å². The summed E-state index contributed by atoms with van der Waals surface area (Å²) in [6.45, 7) is 0. The zero-order chi connectivity index (χ0) is 15.0. The SMILES string of the molecule is O=S(=O)(Nc1nc2ccccc2[nH]1)c1ccc(Cl)cc1F. The third kappa shape index (κ3) is 2.70. The number of aromatic nitrogens is 2. The molecule has 0 saturated heterocycles. The molecule has 0 radical (unpaired) electrons. The van der Waals surface area contributed by atoms with Crippen molar-refractivity contribution in [1.82, 2.24) is 9.97 Å². The fourth-order valence-corrected chi connectivity index (χ4v) is 3.06. The fourth-order valence-electron chi connectivity index (χ4n) is 1.88. The van der Waals surface area contributed by atoms with E-state index >= 15 is 0 Å². The van der Waals surface area contributed by atoms with E-state index in [0.29, 0.717) is 11.0 Å². The van der Waals surface area contributed by atoms with Crippen LogP contribution in [0.4, 0.5) is 10.3 Å². The molecule has 0 amide bonds. The number of imidazole rings is 1. The van der Waals surface area contributed by atoms with E-state index in [1.54, 1.807) is 24.3 Å². The van der Waals surface area contributed by atoms with Crippen molar-refractivity contribution in [3.05, 3.63) is 53.3 Å². The Hall–Kier alpha value is -2.12. The second-order valence-corrected chi connectivity index (χ2v) is 6.37. The summed E-state index contributed by atoms with van der Waals surface area (Å²) in [7, 11) is -4.09. The number of halogens is 2. The van der Waals surface area contributed by atoms with Crippen LogP contribution in [-0.2, 0) is 10.0 Å². The molecule has 21 heavy (non-hydrogen) atoms. The van der Waals surface area contributed by atoms with Crippen LogP contribution in [0.25, 0.3) is 11.0 Å². The predicted molar refractivity (Wildman–Crippen MR) is 78.3 cm³/mol. The van der Waals surface area contributed by atoms with Crippen LogP contribution in [0.15, 0.2) is 47.4 Å². The number of aromatic amines is 1. The number of fused-ring (bicyclic) bond motifs is 1. The lowest BCUT2D eigenvalue weighted by atomic mass is 10.3. The van der Waals surface area contributed by atoms with E-state index in [1.807, 2.05) is 0 Å². The molecular weight excluding hydrogens is 317 g/mol. The first-order valence-electron chi connectivity index (χ1n) is 5.88. The second kappa shape index (κ2) is 5.01. The molecule has 0 spiro atoms. The maximum atomic E-state index is 13.7. The summed E-state index contributed by atoms with van der Waals surface area (Å²) in [6, 6.07) is 10.4. The molecule has 5 nitrogen and oxygen atoms in total. The van der Waals surface area contributed by atoms with Crippen LogP contribution >= 0.6 is 11.6 Å². The molecule has 0 bridgehead atoms. The maximum Gasteiger partial charge on any atom is 0.267 e. The molecule has 0 aliphatic rings. The van der Waals surface area contributed by atoms with Crippen molar-refractivity contribution >= 4 is 38.6 Å². The van der Waals surface area contributed by atoms with Crippen LogP contribution in [0.3, 0.4) is 0 Å². The van der Waals surface area contributed by atoms with Crippen molar-refractivity contribution in [2.24, 2.45) is 0 Å². The van der Waals surface area contributed by atoms with Crippen molar-refractivity contribution in [2.45, 2.75) is 4.90 Å². The van der Waals surface area contributed by atoms with Gasteiger partial charge in [-0.1, -0.05) is 23.7 Å². The highest BCUT2D eigenvalue weighted by molar-refractivity contribution is 7.92. The van der Waals surface area contributed by atoms with E-state index in [1.165, 1.54) is 6.07 Å². The number of para-hydroxylation sites is 2. The number of hydrogen-bond acceptors (Lipinski definition) is 3. The van der Waals surface area contributed by atoms with Crippen LogP contribution < -0.4 is 4.72 Å². The number of H-pyrrole nitrogens is 1. The van der Waals surface area contributed by atoms with Gasteiger partial charge in [0.15, 0.2) is 0 Å². The first kappa shape index (κ1) is 13.8. The molecule has 0 aliphatic carbocycles. The molecule has 108 valence electrons. The Morgan fingerprint density at radius 3 is 2.67 bits per heavy atom. The Labute approximate surface area is 124 Å². The smallest absolute Gasteiger partial charge is 0.267 e. The van der Waals surface area contributed by atoms with Gasteiger partial charge >= 0.3 is 0 Å². The van der Waals surface area contributed by atoms with Gasteiger partial charge < -0.3 is 4.98 Å². The predicted octanol–water partition coefficient (Wildman–Crippen LogP) is 3.16. The molecule has 3 rings (SSSR count). The lowest BCUT2D eigenvalue weighted by Gasteiger charge is -2.06. The summed E-state index contributed by atoms with van der Waals surface area (Å²) < 4.78 is 40.2. The number of nitrogens with one attached hydrogen (secondary N) is 2. The summed E-state index contributed by atoms with van der Waals surface area (Å²) in [5.74, 6) is -0.906. The van der Waals surface area contributed by atoms with Gasteiger partial charge in [0.05, 0.1) is 11.0 Å². The lowest BCUT2D eigenvalue weighted by Crippen LogP contribution is -2.15. The Balaban J connectivity index is 1.99. The minimum atomic E-state index is -4.09. The first-order chi connectivity index (χ1) is 9.95. The van der Waals surface area contributed by atoms with Crippen molar-refractivity contribution in [2.75, 3.05) is 4.72 Å². The second-order valence-electron chi connectivity index (χ2n) is 4.28. The van der Waals surface area contributed by atoms with E-state index in [-0.39, 0.29) is 11.0 Å². The van der Waals surface area contributed by atoms with Crippen molar-refractivity contribution in [3.8, 4) is 0 Å². The Morgan fingerprint density at radius 1 is 1.19 bits per heavy atom. The minimum absolute atomic E-state index is 0.0190. The van der Waals surface area contributed by atoms with Gasteiger partial charge in [-0.2, -0.15) is 0 Å². The largest absolute Gasteiger partial charge is 0.323 e. The van der Waals surface area contributed by atoms with E-state index in [2.05, 4.69) is 14.7 Å². The number of anilines is 1. The van der Waals surface area contributed by atoms with E-state index in [0.717, 1.165) is 12.1 Å². The average molecular weight is 326 g/mol. The zero-order valence-electron chi connectivity index (χ0n) is 10.5.